The lowest BCUT2D eigenvalue weighted by Crippen LogP contribution is -2.45. The molecule has 0 spiro atoms. The van der Waals surface area contributed by atoms with Gasteiger partial charge in [-0.2, -0.15) is 0 Å². The zero-order valence-corrected chi connectivity index (χ0v) is 18.6. The van der Waals surface area contributed by atoms with Crippen molar-refractivity contribution < 1.29 is 9.18 Å². The van der Waals surface area contributed by atoms with E-state index in [0.717, 1.165) is 18.7 Å². The lowest BCUT2D eigenvalue weighted by atomic mass is 10.2. The van der Waals surface area contributed by atoms with Gasteiger partial charge in [0.25, 0.3) is 0 Å². The number of carbonyl (C=O) groups excluding carboxylic acids is 1. The topological polar surface area (TPSA) is 60.0 Å². The minimum absolute atomic E-state index is 0. The molecule has 2 N–H and O–H groups in total. The third kappa shape index (κ3) is 7.17. The number of likely N-dealkylation sites (N-methyl/N-ethyl adjacent to an activating group) is 1. The maximum Gasteiger partial charge on any atom is 0.243 e. The summed E-state index contributed by atoms with van der Waals surface area (Å²) in [6.45, 7) is 5.79. The van der Waals surface area contributed by atoms with Crippen molar-refractivity contribution in [2.75, 3.05) is 45.2 Å². The van der Waals surface area contributed by atoms with E-state index in [9.17, 15) is 9.18 Å². The van der Waals surface area contributed by atoms with E-state index in [4.69, 9.17) is 11.6 Å². The summed E-state index contributed by atoms with van der Waals surface area (Å²) in [5, 5.41) is 6.57. The van der Waals surface area contributed by atoms with Crippen molar-refractivity contribution in [3.8, 4) is 0 Å². The molecule has 0 saturated carbocycles. The van der Waals surface area contributed by atoms with Gasteiger partial charge in [-0.3, -0.25) is 4.79 Å². The zero-order chi connectivity index (χ0) is 19.1. The molecule has 1 fully saturated rings. The van der Waals surface area contributed by atoms with Crippen molar-refractivity contribution in [2.45, 2.75) is 12.5 Å². The van der Waals surface area contributed by atoms with Crippen molar-refractivity contribution in [1.29, 1.82) is 0 Å². The fraction of sp³-hybridized carbons (Fsp3) is 0.444. The molecule has 0 aliphatic carbocycles. The molecule has 150 valence electrons. The van der Waals surface area contributed by atoms with Gasteiger partial charge < -0.3 is 20.4 Å². The molecule has 0 radical (unpaired) electrons. The first-order valence-electron chi connectivity index (χ1n) is 8.46. The summed E-state index contributed by atoms with van der Waals surface area (Å²) in [6.07, 6.45) is 2.60. The van der Waals surface area contributed by atoms with Crippen molar-refractivity contribution >= 4 is 53.1 Å². The summed E-state index contributed by atoms with van der Waals surface area (Å²) in [5.74, 6) is 0.0707. The summed E-state index contributed by atoms with van der Waals surface area (Å²) < 4.78 is 13.7. The second kappa shape index (κ2) is 11.3. The highest BCUT2D eigenvalue weighted by atomic mass is 127. The fourth-order valence-electron chi connectivity index (χ4n) is 2.60. The number of benzene rings is 1. The van der Waals surface area contributed by atoms with Crippen LogP contribution in [0.25, 0.3) is 0 Å². The van der Waals surface area contributed by atoms with Crippen LogP contribution in [0, 0.1) is 5.82 Å². The molecule has 9 heteroatoms. The quantitative estimate of drug-likeness (QED) is 0.268. The Kier molecular flexibility index (Phi) is 9.86. The van der Waals surface area contributed by atoms with Crippen LogP contribution in [0.15, 0.2) is 35.8 Å². The van der Waals surface area contributed by atoms with E-state index in [1.165, 1.54) is 11.0 Å². The largest absolute Gasteiger partial charge is 0.369 e. The minimum atomic E-state index is -0.419. The molecule has 1 aliphatic heterocycles. The van der Waals surface area contributed by atoms with Crippen LogP contribution in [0.4, 0.5) is 10.1 Å². The molecule has 1 atom stereocenters. The van der Waals surface area contributed by atoms with Crippen LogP contribution in [-0.4, -0.2) is 63.1 Å². The molecule has 27 heavy (non-hydrogen) atoms. The molecule has 0 bridgehead atoms. The highest BCUT2D eigenvalue weighted by Gasteiger charge is 2.24. The molecule has 6 nitrogen and oxygen atoms in total. The molecule has 0 aromatic heterocycles. The Balaban J connectivity index is 0.00000364. The van der Waals surface area contributed by atoms with Gasteiger partial charge in [-0.05, 0) is 24.6 Å². The number of hydrogen-bond donors (Lipinski definition) is 2. The van der Waals surface area contributed by atoms with Crippen molar-refractivity contribution in [3.05, 3.63) is 41.7 Å². The SMILES string of the molecule is C=CCNC(=NCC(=O)N(C)C)NC1CCN(c2ccc(Cl)c(F)c2)C1.I. The van der Waals surface area contributed by atoms with Gasteiger partial charge in [-0.1, -0.05) is 17.7 Å². The van der Waals surface area contributed by atoms with Gasteiger partial charge in [0.05, 0.1) is 5.02 Å². The number of hydrogen-bond acceptors (Lipinski definition) is 3. The standard InChI is InChI=1S/C18H25ClFN5O.HI/c1-4-8-21-18(22-11-17(26)24(2)3)23-13-7-9-25(12-13)14-5-6-15(19)16(20)10-14;/h4-6,10,13H,1,7-9,11-12H2,2-3H3,(H2,21,22,23);1H. The van der Waals surface area contributed by atoms with Gasteiger partial charge in [0, 0.05) is 45.5 Å². The van der Waals surface area contributed by atoms with Gasteiger partial charge in [0.2, 0.25) is 5.91 Å². The summed E-state index contributed by atoms with van der Waals surface area (Å²) in [7, 11) is 3.39. The molecule has 1 heterocycles. The Morgan fingerprint density at radius 2 is 2.26 bits per heavy atom. The number of aliphatic imine (C=N–C) groups is 1. The van der Waals surface area contributed by atoms with Crippen molar-refractivity contribution in [1.82, 2.24) is 15.5 Å². The Hall–Kier alpha value is -1.55. The lowest BCUT2D eigenvalue weighted by Gasteiger charge is -2.20. The number of rotatable bonds is 6. The summed E-state index contributed by atoms with van der Waals surface area (Å²) >= 11 is 5.75. The smallest absolute Gasteiger partial charge is 0.243 e. The van der Waals surface area contributed by atoms with Gasteiger partial charge in [0.1, 0.15) is 12.4 Å². The second-order valence-electron chi connectivity index (χ2n) is 6.30. The lowest BCUT2D eigenvalue weighted by molar-refractivity contribution is -0.127. The van der Waals surface area contributed by atoms with Gasteiger partial charge in [-0.15, -0.1) is 30.6 Å². The highest BCUT2D eigenvalue weighted by Crippen LogP contribution is 2.24. The van der Waals surface area contributed by atoms with E-state index in [0.29, 0.717) is 19.0 Å². The predicted molar refractivity (Wildman–Crippen MR) is 120 cm³/mol. The number of amides is 1. The maximum absolute atomic E-state index is 13.7. The number of guanidine groups is 1. The Bertz CT molecular complexity index is 686. The average molecular weight is 510 g/mol. The highest BCUT2D eigenvalue weighted by molar-refractivity contribution is 14.0. The van der Waals surface area contributed by atoms with Crippen LogP contribution < -0.4 is 15.5 Å². The molecule has 1 aromatic rings. The Labute approximate surface area is 181 Å². The normalized spacial score (nSPS) is 16.5. The Morgan fingerprint density at radius 3 is 2.89 bits per heavy atom. The molecular weight excluding hydrogens is 484 g/mol. The van der Waals surface area contributed by atoms with E-state index >= 15 is 0 Å². The third-order valence-electron chi connectivity index (χ3n) is 4.08. The van der Waals surface area contributed by atoms with Crippen molar-refractivity contribution in [3.63, 3.8) is 0 Å². The maximum atomic E-state index is 13.7. The summed E-state index contributed by atoms with van der Waals surface area (Å²) in [4.78, 5) is 19.7. The van der Waals surface area contributed by atoms with Crippen molar-refractivity contribution in [2.24, 2.45) is 4.99 Å². The van der Waals surface area contributed by atoms with Gasteiger partial charge in [-0.25, -0.2) is 9.38 Å². The molecule has 1 aromatic carbocycles. The van der Waals surface area contributed by atoms with E-state index in [-0.39, 0.29) is 47.5 Å². The first-order chi connectivity index (χ1) is 12.4. The molecule has 1 aliphatic rings. The van der Waals surface area contributed by atoms with E-state index in [1.54, 1.807) is 26.2 Å². The third-order valence-corrected chi connectivity index (χ3v) is 4.39. The molecule has 2 rings (SSSR count). The summed E-state index contributed by atoms with van der Waals surface area (Å²) in [5.41, 5.74) is 0.802. The Morgan fingerprint density at radius 1 is 1.52 bits per heavy atom. The number of carbonyl (C=O) groups is 1. The van der Waals surface area contributed by atoms with Crippen LogP contribution >= 0.6 is 35.6 Å². The van der Waals surface area contributed by atoms with Crippen LogP contribution in [-0.2, 0) is 4.79 Å². The second-order valence-corrected chi connectivity index (χ2v) is 6.70. The summed E-state index contributed by atoms with van der Waals surface area (Å²) in [6, 6.07) is 4.97. The minimum Gasteiger partial charge on any atom is -0.369 e. The monoisotopic (exact) mass is 509 g/mol. The van der Waals surface area contributed by atoms with E-state index < -0.39 is 5.82 Å². The number of nitrogens with one attached hydrogen (secondary N) is 2. The molecule has 1 saturated heterocycles. The van der Waals surface area contributed by atoms with Gasteiger partial charge >= 0.3 is 0 Å². The van der Waals surface area contributed by atoms with E-state index in [1.807, 2.05) is 6.07 Å². The number of halogens is 3. The average Bonchev–Trinajstić information content (AvgIpc) is 3.07. The predicted octanol–water partition coefficient (Wildman–Crippen LogP) is 2.49. The molecular formula is C18H26ClFIN5O. The van der Waals surface area contributed by atoms with Crippen LogP contribution in [0.5, 0.6) is 0 Å². The number of anilines is 1. The molecule has 1 unspecified atom stereocenters. The van der Waals surface area contributed by atoms with Crippen LogP contribution in [0.2, 0.25) is 5.02 Å². The first kappa shape index (κ1) is 23.5. The van der Waals surface area contributed by atoms with Crippen LogP contribution in [0.1, 0.15) is 6.42 Å². The van der Waals surface area contributed by atoms with E-state index in [2.05, 4.69) is 27.1 Å². The molecule has 1 amide bonds. The number of nitrogens with zero attached hydrogens (tertiary/aromatic N) is 3. The first-order valence-corrected chi connectivity index (χ1v) is 8.84. The zero-order valence-electron chi connectivity index (χ0n) is 15.5. The van der Waals surface area contributed by atoms with Gasteiger partial charge in [0.15, 0.2) is 5.96 Å². The van der Waals surface area contributed by atoms with Crippen LogP contribution in [0.3, 0.4) is 0 Å². The fourth-order valence-corrected chi connectivity index (χ4v) is 2.71.